The van der Waals surface area contributed by atoms with Crippen LogP contribution in [0.4, 0.5) is 5.69 Å². The van der Waals surface area contributed by atoms with Crippen molar-refractivity contribution in [3.63, 3.8) is 0 Å². The number of anilines is 1. The van der Waals surface area contributed by atoms with Crippen LogP contribution < -0.4 is 19.7 Å². The summed E-state index contributed by atoms with van der Waals surface area (Å²) < 4.78 is 10.9. The summed E-state index contributed by atoms with van der Waals surface area (Å²) in [6.07, 6.45) is 4.37. The first-order valence-corrected chi connectivity index (χ1v) is 12.8. The summed E-state index contributed by atoms with van der Waals surface area (Å²) in [4.78, 5) is 30.8. The van der Waals surface area contributed by atoms with Crippen LogP contribution in [0.3, 0.4) is 0 Å². The van der Waals surface area contributed by atoms with Crippen LogP contribution in [0, 0.1) is 0 Å². The SMILES string of the molecule is COc1cc(OC)cc(N(C(=O)Cc2cccs2)C(C(=O)NC2CCCC2)c2cccs2)c1. The van der Waals surface area contributed by atoms with Gasteiger partial charge >= 0.3 is 0 Å². The average molecular weight is 485 g/mol. The number of nitrogens with zero attached hydrogens (tertiary/aromatic N) is 1. The second-order valence-corrected chi connectivity index (χ2v) is 10.0. The van der Waals surface area contributed by atoms with E-state index < -0.39 is 6.04 Å². The van der Waals surface area contributed by atoms with E-state index in [0.717, 1.165) is 35.4 Å². The van der Waals surface area contributed by atoms with Crippen LogP contribution >= 0.6 is 22.7 Å². The summed E-state index contributed by atoms with van der Waals surface area (Å²) in [5, 5.41) is 7.08. The summed E-state index contributed by atoms with van der Waals surface area (Å²) in [6.45, 7) is 0. The first-order valence-electron chi connectivity index (χ1n) is 11.0. The van der Waals surface area contributed by atoms with Gasteiger partial charge in [0, 0.05) is 34.0 Å². The molecule has 0 radical (unpaired) electrons. The highest BCUT2D eigenvalue weighted by atomic mass is 32.1. The number of amides is 2. The summed E-state index contributed by atoms with van der Waals surface area (Å²) in [7, 11) is 3.14. The number of carbonyl (C=O) groups is 2. The fourth-order valence-electron chi connectivity index (χ4n) is 4.19. The highest BCUT2D eigenvalue weighted by Gasteiger charge is 2.35. The van der Waals surface area contributed by atoms with Crippen molar-refractivity contribution in [2.75, 3.05) is 19.1 Å². The highest BCUT2D eigenvalue weighted by molar-refractivity contribution is 7.10. The fourth-order valence-corrected chi connectivity index (χ4v) is 5.70. The molecule has 6 nitrogen and oxygen atoms in total. The molecule has 0 spiro atoms. The zero-order valence-electron chi connectivity index (χ0n) is 18.8. The molecule has 1 aromatic carbocycles. The molecule has 3 aromatic rings. The number of hydrogen-bond acceptors (Lipinski definition) is 6. The van der Waals surface area contributed by atoms with Gasteiger partial charge in [-0.3, -0.25) is 14.5 Å². The van der Waals surface area contributed by atoms with Crippen LogP contribution in [0.15, 0.2) is 53.2 Å². The van der Waals surface area contributed by atoms with Crippen molar-refractivity contribution in [2.45, 2.75) is 44.2 Å². The number of nitrogens with one attached hydrogen (secondary N) is 1. The molecule has 1 aliphatic carbocycles. The molecule has 1 saturated carbocycles. The number of rotatable bonds is 9. The zero-order chi connectivity index (χ0) is 23.2. The van der Waals surface area contributed by atoms with Crippen LogP contribution in [-0.4, -0.2) is 32.1 Å². The number of thiophene rings is 2. The van der Waals surface area contributed by atoms with Gasteiger partial charge in [0.25, 0.3) is 0 Å². The highest BCUT2D eigenvalue weighted by Crippen LogP contribution is 2.36. The van der Waals surface area contributed by atoms with Gasteiger partial charge in [0.15, 0.2) is 0 Å². The van der Waals surface area contributed by atoms with E-state index in [1.165, 1.54) is 22.7 Å². The Balaban J connectivity index is 1.77. The molecule has 4 rings (SSSR count). The molecular weight excluding hydrogens is 456 g/mol. The maximum atomic E-state index is 13.8. The zero-order valence-corrected chi connectivity index (χ0v) is 20.4. The Morgan fingerprint density at radius 2 is 1.70 bits per heavy atom. The van der Waals surface area contributed by atoms with E-state index in [4.69, 9.17) is 9.47 Å². The summed E-state index contributed by atoms with van der Waals surface area (Å²) in [5.74, 6) is 0.789. The quantitative estimate of drug-likeness (QED) is 0.453. The van der Waals surface area contributed by atoms with E-state index in [2.05, 4.69) is 5.32 Å². The monoisotopic (exact) mass is 484 g/mol. The van der Waals surface area contributed by atoms with E-state index in [1.807, 2.05) is 35.0 Å². The number of hydrogen-bond donors (Lipinski definition) is 1. The summed E-state index contributed by atoms with van der Waals surface area (Å²) in [6, 6.07) is 12.3. The largest absolute Gasteiger partial charge is 0.497 e. The molecule has 1 N–H and O–H groups in total. The molecule has 8 heteroatoms. The van der Waals surface area contributed by atoms with Crippen molar-refractivity contribution < 1.29 is 19.1 Å². The lowest BCUT2D eigenvalue weighted by Gasteiger charge is -2.32. The molecule has 33 heavy (non-hydrogen) atoms. The minimum absolute atomic E-state index is 0.147. The van der Waals surface area contributed by atoms with Crippen molar-refractivity contribution >= 4 is 40.2 Å². The lowest BCUT2D eigenvalue weighted by molar-refractivity contribution is -0.126. The van der Waals surface area contributed by atoms with Crippen molar-refractivity contribution in [3.8, 4) is 11.5 Å². The van der Waals surface area contributed by atoms with Crippen molar-refractivity contribution in [2.24, 2.45) is 0 Å². The molecule has 1 unspecified atom stereocenters. The van der Waals surface area contributed by atoms with E-state index in [1.54, 1.807) is 37.3 Å². The van der Waals surface area contributed by atoms with E-state index in [0.29, 0.717) is 17.2 Å². The molecule has 1 fully saturated rings. The summed E-state index contributed by atoms with van der Waals surface area (Å²) in [5.41, 5.74) is 0.563. The predicted octanol–water partition coefficient (Wildman–Crippen LogP) is 5.20. The second-order valence-electron chi connectivity index (χ2n) is 8.00. The molecule has 2 aromatic heterocycles. The van der Waals surface area contributed by atoms with E-state index in [-0.39, 0.29) is 24.3 Å². The van der Waals surface area contributed by atoms with Gasteiger partial charge in [-0.05, 0) is 35.7 Å². The third kappa shape index (κ3) is 5.57. The van der Waals surface area contributed by atoms with Gasteiger partial charge in [0.2, 0.25) is 11.8 Å². The molecule has 2 heterocycles. The summed E-state index contributed by atoms with van der Waals surface area (Å²) >= 11 is 3.00. The molecule has 2 amide bonds. The topological polar surface area (TPSA) is 67.9 Å². The molecule has 1 aliphatic rings. The Morgan fingerprint density at radius 1 is 1.03 bits per heavy atom. The van der Waals surface area contributed by atoms with Gasteiger partial charge in [-0.2, -0.15) is 0 Å². The number of ether oxygens (including phenoxy) is 2. The Hall–Kier alpha value is -2.84. The van der Waals surface area contributed by atoms with Crippen molar-refractivity contribution in [3.05, 3.63) is 63.0 Å². The van der Waals surface area contributed by atoms with Gasteiger partial charge in [-0.1, -0.05) is 25.0 Å². The Morgan fingerprint density at radius 3 is 2.27 bits per heavy atom. The maximum absolute atomic E-state index is 13.8. The third-order valence-electron chi connectivity index (χ3n) is 5.81. The molecular formula is C25H28N2O4S2. The minimum atomic E-state index is -0.783. The van der Waals surface area contributed by atoms with Gasteiger partial charge in [-0.15, -0.1) is 22.7 Å². The van der Waals surface area contributed by atoms with Crippen molar-refractivity contribution in [1.29, 1.82) is 0 Å². The van der Waals surface area contributed by atoms with Crippen molar-refractivity contribution in [1.82, 2.24) is 5.32 Å². The standard InChI is InChI=1S/C25H28N2O4S2/c1-30-19-13-18(14-20(15-19)31-2)27(23(28)16-21-9-5-11-32-21)24(22-10-6-12-33-22)25(29)26-17-7-3-4-8-17/h5-6,9-15,17,24H,3-4,7-8,16H2,1-2H3,(H,26,29). The van der Waals surface area contributed by atoms with Gasteiger partial charge in [0.05, 0.1) is 26.3 Å². The van der Waals surface area contributed by atoms with Crippen LogP contribution in [0.25, 0.3) is 0 Å². The Labute approximate surface area is 202 Å². The van der Waals surface area contributed by atoms with Gasteiger partial charge in [0.1, 0.15) is 17.5 Å². The normalized spacial score (nSPS) is 14.6. The number of benzene rings is 1. The van der Waals surface area contributed by atoms with Gasteiger partial charge < -0.3 is 14.8 Å². The smallest absolute Gasteiger partial charge is 0.248 e. The second kappa shape index (κ2) is 10.9. The molecule has 0 bridgehead atoms. The van der Waals surface area contributed by atoms with Crippen LogP contribution in [0.1, 0.15) is 41.5 Å². The predicted molar refractivity (Wildman–Crippen MR) is 133 cm³/mol. The molecule has 0 aliphatic heterocycles. The maximum Gasteiger partial charge on any atom is 0.248 e. The lowest BCUT2D eigenvalue weighted by atomic mass is 10.1. The van der Waals surface area contributed by atoms with E-state index in [9.17, 15) is 9.59 Å². The fraction of sp³-hybridized carbons (Fsp3) is 0.360. The Kier molecular flexibility index (Phi) is 7.67. The van der Waals surface area contributed by atoms with Crippen LogP contribution in [0.5, 0.6) is 11.5 Å². The molecule has 0 saturated heterocycles. The van der Waals surface area contributed by atoms with E-state index >= 15 is 0 Å². The Bertz CT molecular complexity index is 1040. The number of methoxy groups -OCH3 is 2. The van der Waals surface area contributed by atoms with Crippen LogP contribution in [-0.2, 0) is 16.0 Å². The van der Waals surface area contributed by atoms with Crippen LogP contribution in [0.2, 0.25) is 0 Å². The molecule has 174 valence electrons. The average Bonchev–Trinajstić information content (AvgIpc) is 3.60. The third-order valence-corrected chi connectivity index (χ3v) is 7.61. The van der Waals surface area contributed by atoms with Gasteiger partial charge in [-0.25, -0.2) is 0 Å². The first-order chi connectivity index (χ1) is 16.1. The molecule has 1 atom stereocenters. The first kappa shape index (κ1) is 23.3. The number of carbonyl (C=O) groups excluding carboxylic acids is 2. The minimum Gasteiger partial charge on any atom is -0.497 e. The lowest BCUT2D eigenvalue weighted by Crippen LogP contribution is -2.46.